The van der Waals surface area contributed by atoms with Crippen LogP contribution < -0.4 is 11.2 Å². The average molecular weight is 665 g/mol. The highest BCUT2D eigenvalue weighted by atomic mass is 79.9. The van der Waals surface area contributed by atoms with Gasteiger partial charge in [-0.15, -0.1) is 5.10 Å². The van der Waals surface area contributed by atoms with E-state index in [4.69, 9.17) is 27.1 Å². The lowest BCUT2D eigenvalue weighted by Gasteiger charge is -2.25. The van der Waals surface area contributed by atoms with Gasteiger partial charge in [-0.3, -0.25) is 14.4 Å². The van der Waals surface area contributed by atoms with Gasteiger partial charge in [-0.1, -0.05) is 63.4 Å². The van der Waals surface area contributed by atoms with E-state index in [1.54, 1.807) is 18.3 Å². The number of halogens is 2. The zero-order valence-electron chi connectivity index (χ0n) is 22.9. The molecule has 0 unspecified atom stereocenters. The Labute approximate surface area is 259 Å². The maximum atomic E-state index is 13.5. The molecule has 0 radical (unpaired) electrons. The molecule has 1 aliphatic rings. The van der Waals surface area contributed by atoms with Gasteiger partial charge in [0.2, 0.25) is 11.6 Å². The number of likely N-dealkylation sites (tertiary alicyclic amines) is 1. The Balaban J connectivity index is 1.27. The molecule has 13 nitrogen and oxygen atoms in total. The van der Waals surface area contributed by atoms with Crippen LogP contribution in [-0.4, -0.2) is 65.2 Å². The van der Waals surface area contributed by atoms with Crippen LogP contribution in [0.5, 0.6) is 0 Å². The summed E-state index contributed by atoms with van der Waals surface area (Å²) in [6.45, 7) is 2.82. The lowest BCUT2D eigenvalue weighted by atomic mass is 10.1. The van der Waals surface area contributed by atoms with E-state index in [2.05, 4.69) is 52.0 Å². The molecule has 6 rings (SSSR count). The van der Waals surface area contributed by atoms with E-state index in [1.807, 2.05) is 47.3 Å². The summed E-state index contributed by atoms with van der Waals surface area (Å²) < 4.78 is 8.79. The molecule has 4 heterocycles. The number of carbonyl (C=O) groups excluding carboxylic acids is 1. The Morgan fingerprint density at radius 2 is 1.84 bits per heavy atom. The van der Waals surface area contributed by atoms with Gasteiger partial charge in [0.1, 0.15) is 11.4 Å². The first kappa shape index (κ1) is 28.7. The molecule has 0 bridgehead atoms. The van der Waals surface area contributed by atoms with Crippen molar-refractivity contribution in [1.82, 2.24) is 45.4 Å². The Bertz CT molecular complexity index is 1740. The van der Waals surface area contributed by atoms with Crippen molar-refractivity contribution in [2.24, 2.45) is 5.10 Å². The van der Waals surface area contributed by atoms with E-state index in [1.165, 1.54) is 11.1 Å². The predicted octanol–water partition coefficient (Wildman–Crippen LogP) is 4.31. The van der Waals surface area contributed by atoms with Gasteiger partial charge in [0.05, 0.1) is 12.8 Å². The Morgan fingerprint density at radius 3 is 2.56 bits per heavy atom. The fraction of sp³-hybridized carbons (Fsp3) is 0.250. The summed E-state index contributed by atoms with van der Waals surface area (Å²) >= 11 is 9.60. The van der Waals surface area contributed by atoms with Gasteiger partial charge in [-0.2, -0.15) is 14.9 Å². The minimum Gasteiger partial charge on any atom is -0.378 e. The lowest BCUT2D eigenvalue weighted by molar-refractivity contribution is 0.0944. The maximum Gasteiger partial charge on any atom is 0.292 e. The van der Waals surface area contributed by atoms with Crippen molar-refractivity contribution in [3.8, 4) is 17.1 Å². The van der Waals surface area contributed by atoms with Crippen LogP contribution in [0.3, 0.4) is 0 Å². The van der Waals surface area contributed by atoms with Crippen molar-refractivity contribution in [3.05, 3.63) is 86.7 Å². The Hall–Kier alpha value is -4.40. The first-order chi connectivity index (χ1) is 20.9. The van der Waals surface area contributed by atoms with Crippen molar-refractivity contribution in [2.75, 3.05) is 18.8 Å². The van der Waals surface area contributed by atoms with E-state index >= 15 is 0 Å². The second-order valence-corrected chi connectivity index (χ2v) is 11.4. The molecule has 3 aromatic heterocycles. The summed E-state index contributed by atoms with van der Waals surface area (Å²) in [5.74, 6) is -0.477. The Kier molecular flexibility index (Phi) is 8.58. The smallest absolute Gasteiger partial charge is 0.292 e. The molecule has 2 aromatic carbocycles. The minimum absolute atomic E-state index is 0.0160. The number of aromatic nitrogens is 7. The average Bonchev–Trinajstić information content (AvgIpc) is 3.73. The third kappa shape index (κ3) is 6.66. The number of hydrogen-bond acceptors (Lipinski definition) is 10. The second kappa shape index (κ2) is 12.9. The van der Waals surface area contributed by atoms with Gasteiger partial charge >= 0.3 is 0 Å². The highest BCUT2D eigenvalue weighted by Gasteiger charge is 2.26. The van der Waals surface area contributed by atoms with Gasteiger partial charge in [-0.05, 0) is 66.1 Å². The number of nitrogens with zero attached hydrogens (tertiary/aromatic N) is 9. The summed E-state index contributed by atoms with van der Waals surface area (Å²) in [4.78, 5) is 15.8. The molecule has 5 aromatic rings. The highest BCUT2D eigenvalue weighted by molar-refractivity contribution is 9.10. The standard InChI is InChI=1S/C28H27BrClN11O2/c29-21-8-4-18(5-9-21)15-40-16-20(24(35-40)19-6-10-22(30)11-7-19)14-32-34-28(42)25-23(17-39-12-2-1-3-13-39)33-38-41(25)27-26(31)36-43-37-27/h4-11,14,16H,1-3,12-13,15,17H2,(H2,31,36)(H,34,42)/b32-14+. The molecule has 0 aliphatic carbocycles. The van der Waals surface area contributed by atoms with Gasteiger partial charge < -0.3 is 5.73 Å². The van der Waals surface area contributed by atoms with Crippen LogP contribution >= 0.6 is 27.5 Å². The number of benzene rings is 2. The molecule has 0 saturated carbocycles. The van der Waals surface area contributed by atoms with E-state index < -0.39 is 5.91 Å². The fourth-order valence-corrected chi connectivity index (χ4v) is 5.29. The normalized spacial score (nSPS) is 14.0. The SMILES string of the molecule is Nc1nonc1-n1nnc(CN2CCCCC2)c1C(=O)N/N=C/c1cn(Cc2ccc(Br)cc2)nc1-c1ccc(Cl)cc1. The molecular formula is C28H27BrClN11O2. The topological polar surface area (TPSA) is 158 Å². The van der Waals surface area contributed by atoms with Crippen LogP contribution in [0.15, 0.2) is 68.9 Å². The summed E-state index contributed by atoms with van der Waals surface area (Å²) in [6.07, 6.45) is 6.79. The molecule has 1 aliphatic heterocycles. The number of rotatable bonds is 9. The molecule has 0 atom stereocenters. The third-order valence-corrected chi connectivity index (χ3v) is 7.79. The summed E-state index contributed by atoms with van der Waals surface area (Å²) in [5, 5.41) is 25.5. The number of anilines is 1. The number of hydrazone groups is 1. The molecule has 0 spiro atoms. The number of nitrogens with one attached hydrogen (secondary N) is 1. The van der Waals surface area contributed by atoms with Gasteiger partial charge in [-0.25, -0.2) is 10.1 Å². The molecule has 1 amide bonds. The molecular weight excluding hydrogens is 638 g/mol. The predicted molar refractivity (Wildman–Crippen MR) is 164 cm³/mol. The van der Waals surface area contributed by atoms with E-state index in [-0.39, 0.29) is 17.3 Å². The molecule has 1 saturated heterocycles. The first-order valence-corrected chi connectivity index (χ1v) is 14.8. The number of nitrogens with two attached hydrogens (primary N) is 1. The fourth-order valence-electron chi connectivity index (χ4n) is 4.90. The van der Waals surface area contributed by atoms with E-state index in [0.717, 1.165) is 41.5 Å². The number of amides is 1. The quantitative estimate of drug-likeness (QED) is 0.173. The van der Waals surface area contributed by atoms with Crippen molar-refractivity contribution < 1.29 is 9.42 Å². The number of carbonyl (C=O) groups is 1. The van der Waals surface area contributed by atoms with Crippen LogP contribution in [0.1, 0.15) is 46.6 Å². The Morgan fingerprint density at radius 1 is 1.07 bits per heavy atom. The molecule has 15 heteroatoms. The van der Waals surface area contributed by atoms with Crippen molar-refractivity contribution in [1.29, 1.82) is 0 Å². The number of nitrogen functional groups attached to an aromatic ring is 1. The van der Waals surface area contributed by atoms with E-state index in [0.29, 0.717) is 35.1 Å². The van der Waals surface area contributed by atoms with Gasteiger partial charge in [0, 0.05) is 33.4 Å². The second-order valence-electron chi connectivity index (χ2n) is 10.1. The largest absolute Gasteiger partial charge is 0.378 e. The third-order valence-electron chi connectivity index (χ3n) is 7.01. The maximum absolute atomic E-state index is 13.5. The summed E-state index contributed by atoms with van der Waals surface area (Å²) in [7, 11) is 0. The van der Waals surface area contributed by atoms with Crippen LogP contribution in [-0.2, 0) is 13.1 Å². The van der Waals surface area contributed by atoms with Crippen LogP contribution in [0.4, 0.5) is 5.82 Å². The zero-order chi connectivity index (χ0) is 29.8. The van der Waals surface area contributed by atoms with E-state index in [9.17, 15) is 4.79 Å². The molecule has 220 valence electrons. The first-order valence-electron chi connectivity index (χ1n) is 13.6. The highest BCUT2D eigenvalue weighted by Crippen LogP contribution is 2.24. The van der Waals surface area contributed by atoms with Crippen molar-refractivity contribution >= 4 is 45.5 Å². The number of hydrogen-bond donors (Lipinski definition) is 2. The van der Waals surface area contributed by atoms with Gasteiger partial charge in [0.15, 0.2) is 5.69 Å². The lowest BCUT2D eigenvalue weighted by Crippen LogP contribution is -2.31. The molecule has 43 heavy (non-hydrogen) atoms. The van der Waals surface area contributed by atoms with Crippen LogP contribution in [0, 0.1) is 0 Å². The zero-order valence-corrected chi connectivity index (χ0v) is 25.2. The summed E-state index contributed by atoms with van der Waals surface area (Å²) in [5.41, 5.74) is 12.5. The molecule has 3 N–H and O–H groups in total. The van der Waals surface area contributed by atoms with Crippen LogP contribution in [0.2, 0.25) is 5.02 Å². The van der Waals surface area contributed by atoms with Gasteiger partial charge in [0.25, 0.3) is 5.91 Å². The monoisotopic (exact) mass is 663 g/mol. The van der Waals surface area contributed by atoms with Crippen LogP contribution in [0.25, 0.3) is 17.1 Å². The summed E-state index contributed by atoms with van der Waals surface area (Å²) in [6, 6.07) is 15.4. The van der Waals surface area contributed by atoms with Crippen molar-refractivity contribution in [2.45, 2.75) is 32.4 Å². The number of piperidine rings is 1. The minimum atomic E-state index is -0.536. The molecule has 1 fully saturated rings. The van der Waals surface area contributed by atoms with Crippen molar-refractivity contribution in [3.63, 3.8) is 0 Å².